The molecule has 0 unspecified atom stereocenters. The maximum Gasteiger partial charge on any atom is 0.117 e. The zero-order valence-electron chi connectivity index (χ0n) is 7.66. The highest BCUT2D eigenvalue weighted by Crippen LogP contribution is 2.10. The maximum absolute atomic E-state index is 5.48. The second-order valence-corrected chi connectivity index (χ2v) is 3.35. The highest BCUT2D eigenvalue weighted by molar-refractivity contribution is 4.97. The van der Waals surface area contributed by atoms with Gasteiger partial charge in [-0.15, -0.1) is 0 Å². The lowest BCUT2D eigenvalue weighted by molar-refractivity contribution is 0.109. The molecule has 1 aromatic heterocycles. The van der Waals surface area contributed by atoms with E-state index in [1.165, 1.54) is 12.8 Å². The second kappa shape index (κ2) is 4.44. The van der Waals surface area contributed by atoms with Crippen molar-refractivity contribution in [2.75, 3.05) is 13.2 Å². The number of ether oxygens (including phenoxy) is 1. The third-order valence-electron chi connectivity index (χ3n) is 2.28. The van der Waals surface area contributed by atoms with Crippen LogP contribution in [0, 0.1) is 0 Å². The summed E-state index contributed by atoms with van der Waals surface area (Å²) in [7, 11) is 0. The first-order chi connectivity index (χ1) is 6.45. The standard InChI is InChI=1S/C10H15NO2/c1-3-9(12-5-1)7-11-8-10-4-2-6-13-10/h1,3,5,10-11H,2,4,6-8H2/t10-/m0/s1. The molecule has 1 N–H and O–H groups in total. The van der Waals surface area contributed by atoms with Crippen LogP contribution in [0.3, 0.4) is 0 Å². The number of nitrogens with one attached hydrogen (secondary N) is 1. The Morgan fingerprint density at radius 2 is 2.54 bits per heavy atom. The van der Waals surface area contributed by atoms with Crippen molar-refractivity contribution in [3.05, 3.63) is 24.2 Å². The minimum Gasteiger partial charge on any atom is -0.468 e. The van der Waals surface area contributed by atoms with E-state index in [4.69, 9.17) is 9.15 Å². The summed E-state index contributed by atoms with van der Waals surface area (Å²) < 4.78 is 10.7. The van der Waals surface area contributed by atoms with E-state index in [1.807, 2.05) is 12.1 Å². The van der Waals surface area contributed by atoms with Gasteiger partial charge in [-0.25, -0.2) is 0 Å². The lowest BCUT2D eigenvalue weighted by Gasteiger charge is -2.09. The zero-order valence-corrected chi connectivity index (χ0v) is 7.66. The largest absolute Gasteiger partial charge is 0.468 e. The van der Waals surface area contributed by atoms with Crippen LogP contribution in [0.5, 0.6) is 0 Å². The first kappa shape index (κ1) is 8.78. The smallest absolute Gasteiger partial charge is 0.117 e. The Hall–Kier alpha value is -0.800. The van der Waals surface area contributed by atoms with Crippen LogP contribution in [0.4, 0.5) is 0 Å². The highest BCUT2D eigenvalue weighted by Gasteiger charge is 2.14. The van der Waals surface area contributed by atoms with E-state index >= 15 is 0 Å². The third kappa shape index (κ3) is 2.57. The summed E-state index contributed by atoms with van der Waals surface area (Å²) in [5.41, 5.74) is 0. The molecule has 72 valence electrons. The first-order valence-electron chi connectivity index (χ1n) is 4.80. The molecule has 1 fully saturated rings. The molecule has 2 heterocycles. The summed E-state index contributed by atoms with van der Waals surface area (Å²) in [5, 5.41) is 3.31. The van der Waals surface area contributed by atoms with Crippen LogP contribution in [0.1, 0.15) is 18.6 Å². The molecule has 0 amide bonds. The number of hydrogen-bond donors (Lipinski definition) is 1. The van der Waals surface area contributed by atoms with E-state index in [0.29, 0.717) is 6.10 Å². The van der Waals surface area contributed by atoms with Gasteiger partial charge >= 0.3 is 0 Å². The van der Waals surface area contributed by atoms with Crippen LogP contribution >= 0.6 is 0 Å². The van der Waals surface area contributed by atoms with Crippen molar-refractivity contribution in [3.63, 3.8) is 0 Å². The molecule has 1 aliphatic rings. The molecule has 3 nitrogen and oxygen atoms in total. The van der Waals surface area contributed by atoms with Crippen molar-refractivity contribution in [2.24, 2.45) is 0 Å². The fourth-order valence-electron chi connectivity index (χ4n) is 1.57. The van der Waals surface area contributed by atoms with Gasteiger partial charge < -0.3 is 14.5 Å². The van der Waals surface area contributed by atoms with Gasteiger partial charge in [0.15, 0.2) is 0 Å². The Kier molecular flexibility index (Phi) is 3.00. The van der Waals surface area contributed by atoms with Gasteiger partial charge in [0.05, 0.1) is 18.9 Å². The molecule has 0 spiro atoms. The number of rotatable bonds is 4. The topological polar surface area (TPSA) is 34.4 Å². The van der Waals surface area contributed by atoms with Gasteiger partial charge in [-0.2, -0.15) is 0 Å². The van der Waals surface area contributed by atoms with E-state index in [2.05, 4.69) is 5.32 Å². The molecule has 0 aliphatic carbocycles. The minimum atomic E-state index is 0.412. The summed E-state index contributed by atoms with van der Waals surface area (Å²) in [6.07, 6.45) is 4.50. The van der Waals surface area contributed by atoms with Gasteiger partial charge in [0.2, 0.25) is 0 Å². The SMILES string of the molecule is c1coc(CNC[C@@H]2CCCO2)c1. The Balaban J connectivity index is 1.63. The Bertz CT molecular complexity index is 227. The molecule has 0 saturated carbocycles. The fraction of sp³-hybridized carbons (Fsp3) is 0.600. The van der Waals surface area contributed by atoms with Crippen LogP contribution in [0.15, 0.2) is 22.8 Å². The molecule has 1 aromatic rings. The third-order valence-corrected chi connectivity index (χ3v) is 2.28. The molecular weight excluding hydrogens is 166 g/mol. The van der Waals surface area contributed by atoms with E-state index in [1.54, 1.807) is 6.26 Å². The molecule has 1 atom stereocenters. The van der Waals surface area contributed by atoms with Gasteiger partial charge in [-0.05, 0) is 25.0 Å². The summed E-state index contributed by atoms with van der Waals surface area (Å²) in [6.45, 7) is 2.65. The van der Waals surface area contributed by atoms with E-state index in [9.17, 15) is 0 Å². The second-order valence-electron chi connectivity index (χ2n) is 3.35. The highest BCUT2D eigenvalue weighted by atomic mass is 16.5. The molecule has 1 aliphatic heterocycles. The van der Waals surface area contributed by atoms with Gasteiger partial charge in [0.25, 0.3) is 0 Å². The molecule has 0 radical (unpaired) electrons. The normalized spacial score (nSPS) is 22.3. The lowest BCUT2D eigenvalue weighted by Crippen LogP contribution is -2.25. The average molecular weight is 181 g/mol. The van der Waals surface area contributed by atoms with E-state index in [-0.39, 0.29) is 0 Å². The monoisotopic (exact) mass is 181 g/mol. The summed E-state index contributed by atoms with van der Waals surface area (Å²) in [4.78, 5) is 0. The van der Waals surface area contributed by atoms with Gasteiger partial charge in [0.1, 0.15) is 5.76 Å². The maximum atomic E-state index is 5.48. The lowest BCUT2D eigenvalue weighted by atomic mass is 10.2. The Labute approximate surface area is 78.1 Å². The molecule has 0 aromatic carbocycles. The van der Waals surface area contributed by atoms with Crippen LogP contribution in [-0.2, 0) is 11.3 Å². The van der Waals surface area contributed by atoms with Crippen molar-refractivity contribution < 1.29 is 9.15 Å². The number of hydrogen-bond acceptors (Lipinski definition) is 3. The molecule has 3 heteroatoms. The van der Waals surface area contributed by atoms with Crippen molar-refractivity contribution in [2.45, 2.75) is 25.5 Å². The molecule has 2 rings (SSSR count). The predicted molar refractivity (Wildman–Crippen MR) is 49.4 cm³/mol. The summed E-state index contributed by atoms with van der Waals surface area (Å²) in [5.74, 6) is 0.984. The fourth-order valence-corrected chi connectivity index (χ4v) is 1.57. The minimum absolute atomic E-state index is 0.412. The van der Waals surface area contributed by atoms with Gasteiger partial charge in [-0.3, -0.25) is 0 Å². The first-order valence-corrected chi connectivity index (χ1v) is 4.80. The quantitative estimate of drug-likeness (QED) is 0.765. The Morgan fingerprint density at radius 1 is 1.54 bits per heavy atom. The van der Waals surface area contributed by atoms with Crippen molar-refractivity contribution in [1.29, 1.82) is 0 Å². The summed E-state index contributed by atoms with van der Waals surface area (Å²) in [6, 6.07) is 3.88. The molecule has 0 bridgehead atoms. The average Bonchev–Trinajstić information content (AvgIpc) is 2.75. The van der Waals surface area contributed by atoms with Crippen molar-refractivity contribution in [3.8, 4) is 0 Å². The summed E-state index contributed by atoms with van der Waals surface area (Å²) >= 11 is 0. The van der Waals surface area contributed by atoms with Crippen molar-refractivity contribution >= 4 is 0 Å². The van der Waals surface area contributed by atoms with Crippen LogP contribution < -0.4 is 5.32 Å². The van der Waals surface area contributed by atoms with E-state index < -0.39 is 0 Å². The van der Waals surface area contributed by atoms with Crippen LogP contribution in [0.25, 0.3) is 0 Å². The molecule has 1 saturated heterocycles. The van der Waals surface area contributed by atoms with Crippen LogP contribution in [-0.4, -0.2) is 19.3 Å². The van der Waals surface area contributed by atoms with Gasteiger partial charge in [0, 0.05) is 13.2 Å². The number of furan rings is 1. The van der Waals surface area contributed by atoms with Gasteiger partial charge in [-0.1, -0.05) is 0 Å². The predicted octanol–water partition coefficient (Wildman–Crippen LogP) is 1.55. The van der Waals surface area contributed by atoms with Crippen LogP contribution in [0.2, 0.25) is 0 Å². The van der Waals surface area contributed by atoms with E-state index in [0.717, 1.165) is 25.5 Å². The molecule has 13 heavy (non-hydrogen) atoms. The van der Waals surface area contributed by atoms with Crippen molar-refractivity contribution in [1.82, 2.24) is 5.32 Å². The molecular formula is C10H15NO2. The zero-order chi connectivity index (χ0) is 8.93. The Morgan fingerprint density at radius 3 is 3.23 bits per heavy atom.